The number of esters is 1. The monoisotopic (exact) mass is 680 g/mol. The smallest absolute Gasteiger partial charge is 0.480 e. The number of pyridine rings is 1. The molecule has 0 radical (unpaired) electrons. The molecule has 2 unspecified atom stereocenters. The SMILES string of the molecule is C[C@@H]1CN(C(C(=O)O)C(O)C(=O)OC(C)(C)C)CCN1c1ccc(NC(=O)c2cc(OC(F)(F)F)c(Br)cc2Cl)cn1. The van der Waals surface area contributed by atoms with E-state index in [2.05, 4.69) is 31.0 Å². The van der Waals surface area contributed by atoms with Crippen LogP contribution in [0.1, 0.15) is 38.1 Å². The number of hydrogen-bond acceptors (Lipinski definition) is 9. The Morgan fingerprint density at radius 1 is 1.19 bits per heavy atom. The molecule has 0 saturated carbocycles. The maximum atomic E-state index is 12.7. The molecular formula is C26H29BrClF3N4O7. The number of amides is 1. The van der Waals surface area contributed by atoms with Gasteiger partial charge in [0.05, 0.1) is 26.9 Å². The van der Waals surface area contributed by atoms with Crippen LogP contribution >= 0.6 is 27.5 Å². The summed E-state index contributed by atoms with van der Waals surface area (Å²) in [5.41, 5.74) is -0.924. The minimum atomic E-state index is -4.97. The highest BCUT2D eigenvalue weighted by atomic mass is 79.9. The van der Waals surface area contributed by atoms with E-state index in [1.165, 1.54) is 17.2 Å². The number of nitrogens with one attached hydrogen (secondary N) is 1. The maximum absolute atomic E-state index is 12.7. The molecule has 1 aliphatic rings. The molecule has 3 N–H and O–H groups in total. The minimum absolute atomic E-state index is 0.0874. The molecule has 0 aliphatic carbocycles. The van der Waals surface area contributed by atoms with E-state index in [1.54, 1.807) is 26.8 Å². The van der Waals surface area contributed by atoms with Crippen molar-refractivity contribution >= 4 is 56.9 Å². The lowest BCUT2D eigenvalue weighted by Gasteiger charge is -2.43. The highest BCUT2D eigenvalue weighted by Gasteiger charge is 2.42. The number of alkyl halides is 3. The molecule has 1 aromatic heterocycles. The third kappa shape index (κ3) is 8.69. The first-order valence-corrected chi connectivity index (χ1v) is 13.7. The molecule has 42 heavy (non-hydrogen) atoms. The number of carbonyl (C=O) groups is 3. The van der Waals surface area contributed by atoms with Crippen molar-refractivity contribution in [2.24, 2.45) is 0 Å². The molecule has 1 fully saturated rings. The first kappa shape index (κ1) is 33.4. The Bertz CT molecular complexity index is 1320. The Balaban J connectivity index is 1.68. The van der Waals surface area contributed by atoms with Gasteiger partial charge in [0.25, 0.3) is 5.91 Å². The molecule has 2 aromatic rings. The molecule has 1 aliphatic heterocycles. The van der Waals surface area contributed by atoms with Crippen molar-refractivity contribution in [3.8, 4) is 5.75 Å². The molecule has 3 rings (SSSR count). The van der Waals surface area contributed by atoms with Crippen molar-refractivity contribution in [1.82, 2.24) is 9.88 Å². The van der Waals surface area contributed by atoms with Gasteiger partial charge in [0.15, 0.2) is 6.10 Å². The maximum Gasteiger partial charge on any atom is 0.573 e. The Morgan fingerprint density at radius 3 is 2.38 bits per heavy atom. The Hall–Kier alpha value is -3.14. The summed E-state index contributed by atoms with van der Waals surface area (Å²) < 4.78 is 47.1. The second-order valence-corrected chi connectivity index (χ2v) is 11.7. The van der Waals surface area contributed by atoms with Gasteiger partial charge in [-0.05, 0) is 67.9 Å². The van der Waals surface area contributed by atoms with Gasteiger partial charge in [-0.1, -0.05) is 11.6 Å². The second kappa shape index (κ2) is 13.0. The molecule has 1 amide bonds. The molecule has 230 valence electrons. The first-order chi connectivity index (χ1) is 19.4. The van der Waals surface area contributed by atoms with Gasteiger partial charge in [-0.2, -0.15) is 0 Å². The number of carbonyl (C=O) groups excluding carboxylic acids is 2. The molecular weight excluding hydrogens is 653 g/mol. The predicted molar refractivity (Wildman–Crippen MR) is 150 cm³/mol. The summed E-state index contributed by atoms with van der Waals surface area (Å²) in [4.78, 5) is 44.8. The summed E-state index contributed by atoms with van der Waals surface area (Å²) >= 11 is 8.98. The Morgan fingerprint density at radius 2 is 1.86 bits per heavy atom. The number of aliphatic hydroxyl groups excluding tert-OH is 1. The van der Waals surface area contributed by atoms with E-state index in [1.807, 2.05) is 11.8 Å². The highest BCUT2D eigenvalue weighted by molar-refractivity contribution is 9.10. The van der Waals surface area contributed by atoms with Gasteiger partial charge < -0.3 is 29.9 Å². The van der Waals surface area contributed by atoms with Crippen LogP contribution in [0.2, 0.25) is 5.02 Å². The molecule has 0 bridgehead atoms. The number of anilines is 2. The number of hydrogen-bond donors (Lipinski definition) is 3. The lowest BCUT2D eigenvalue weighted by atomic mass is 10.1. The summed E-state index contributed by atoms with van der Waals surface area (Å²) in [6, 6.07) is 3.32. The summed E-state index contributed by atoms with van der Waals surface area (Å²) in [5, 5.41) is 22.7. The number of ether oxygens (including phenoxy) is 2. The van der Waals surface area contributed by atoms with E-state index in [9.17, 15) is 37.8 Å². The van der Waals surface area contributed by atoms with Crippen LogP contribution in [-0.4, -0.2) is 87.7 Å². The van der Waals surface area contributed by atoms with E-state index in [-0.39, 0.29) is 39.9 Å². The molecule has 16 heteroatoms. The summed E-state index contributed by atoms with van der Waals surface area (Å²) in [6.45, 7) is 7.32. The van der Waals surface area contributed by atoms with Crippen LogP contribution in [0.5, 0.6) is 5.75 Å². The molecule has 0 spiro atoms. The van der Waals surface area contributed by atoms with E-state index < -0.39 is 47.7 Å². The van der Waals surface area contributed by atoms with E-state index in [4.69, 9.17) is 16.3 Å². The van der Waals surface area contributed by atoms with Gasteiger partial charge in [0.1, 0.15) is 23.2 Å². The quantitative estimate of drug-likeness (QED) is 0.345. The number of nitrogens with zero attached hydrogens (tertiary/aromatic N) is 3. The largest absolute Gasteiger partial charge is 0.573 e. The van der Waals surface area contributed by atoms with Crippen molar-refractivity contribution in [1.29, 1.82) is 0 Å². The van der Waals surface area contributed by atoms with Crippen LogP contribution in [0.3, 0.4) is 0 Å². The van der Waals surface area contributed by atoms with Crippen LogP contribution in [0.25, 0.3) is 0 Å². The Kier molecular flexibility index (Phi) is 10.3. The minimum Gasteiger partial charge on any atom is -0.480 e. The third-order valence-electron chi connectivity index (χ3n) is 6.04. The lowest BCUT2D eigenvalue weighted by Crippen LogP contribution is -2.61. The van der Waals surface area contributed by atoms with Gasteiger partial charge >= 0.3 is 18.3 Å². The molecule has 2 heterocycles. The fourth-order valence-corrected chi connectivity index (χ4v) is 5.10. The van der Waals surface area contributed by atoms with Crippen molar-refractivity contribution in [2.45, 2.75) is 57.8 Å². The van der Waals surface area contributed by atoms with Crippen LogP contribution < -0.4 is 15.0 Å². The average Bonchev–Trinajstić information content (AvgIpc) is 2.84. The van der Waals surface area contributed by atoms with Crippen molar-refractivity contribution in [2.75, 3.05) is 29.9 Å². The number of aromatic nitrogens is 1. The van der Waals surface area contributed by atoms with E-state index >= 15 is 0 Å². The first-order valence-electron chi connectivity index (χ1n) is 12.5. The fourth-order valence-electron chi connectivity index (χ4n) is 4.30. The average molecular weight is 682 g/mol. The zero-order valence-electron chi connectivity index (χ0n) is 22.9. The number of carboxylic acid groups (broad SMARTS) is 1. The van der Waals surface area contributed by atoms with Crippen molar-refractivity contribution in [3.05, 3.63) is 45.5 Å². The van der Waals surface area contributed by atoms with Gasteiger partial charge in [0, 0.05) is 25.7 Å². The number of aliphatic hydroxyl groups is 1. The normalized spacial score (nSPS) is 17.8. The van der Waals surface area contributed by atoms with Gasteiger partial charge in [0.2, 0.25) is 0 Å². The number of aliphatic carboxylic acids is 1. The predicted octanol–water partition coefficient (Wildman–Crippen LogP) is 4.31. The molecule has 1 saturated heterocycles. The van der Waals surface area contributed by atoms with Crippen LogP contribution in [0, 0.1) is 0 Å². The van der Waals surface area contributed by atoms with Crippen LogP contribution in [-0.2, 0) is 14.3 Å². The zero-order valence-corrected chi connectivity index (χ0v) is 25.2. The summed E-state index contributed by atoms with van der Waals surface area (Å²) in [7, 11) is 0. The molecule has 1 aromatic carbocycles. The van der Waals surface area contributed by atoms with Gasteiger partial charge in [-0.3, -0.25) is 14.5 Å². The lowest BCUT2D eigenvalue weighted by molar-refractivity contribution is -0.274. The molecule has 3 atom stereocenters. The number of rotatable bonds is 8. The fraction of sp³-hybridized carbons (Fsp3) is 0.462. The van der Waals surface area contributed by atoms with Gasteiger partial charge in [-0.15, -0.1) is 13.2 Å². The van der Waals surface area contributed by atoms with Crippen molar-refractivity contribution < 1.29 is 47.2 Å². The number of halogens is 5. The standard InChI is InChI=1S/C26H29BrClF3N4O7/c1-13-12-34(20(23(38)39)21(36)24(40)42-25(2,3)4)7-8-35(13)19-6-5-14(11-32-19)33-22(37)15-9-18(41-26(29,30)31)16(27)10-17(15)28/h5-6,9-11,13,20-21,36H,7-8,12H2,1-4H3,(H,33,37)(H,38,39)/t13-,20?,21?/m1/s1. The van der Waals surface area contributed by atoms with Gasteiger partial charge in [-0.25, -0.2) is 9.78 Å². The zero-order chi connectivity index (χ0) is 31.6. The number of piperazine rings is 1. The number of benzene rings is 1. The topological polar surface area (TPSA) is 142 Å². The summed E-state index contributed by atoms with van der Waals surface area (Å²) in [5.74, 6) is -3.32. The highest BCUT2D eigenvalue weighted by Crippen LogP contribution is 2.35. The summed E-state index contributed by atoms with van der Waals surface area (Å²) in [6.07, 6.45) is -5.52. The second-order valence-electron chi connectivity index (χ2n) is 10.5. The number of carboxylic acids is 1. The van der Waals surface area contributed by atoms with Crippen LogP contribution in [0.15, 0.2) is 34.9 Å². The Labute approximate surface area is 252 Å². The van der Waals surface area contributed by atoms with E-state index in [0.29, 0.717) is 12.4 Å². The van der Waals surface area contributed by atoms with Crippen molar-refractivity contribution in [3.63, 3.8) is 0 Å². The molecule has 11 nitrogen and oxygen atoms in total. The third-order valence-corrected chi connectivity index (χ3v) is 6.98. The van der Waals surface area contributed by atoms with Crippen LogP contribution in [0.4, 0.5) is 24.7 Å². The van der Waals surface area contributed by atoms with E-state index in [0.717, 1.165) is 12.1 Å².